The van der Waals surface area contributed by atoms with E-state index in [-0.39, 0.29) is 17.9 Å². The first-order chi connectivity index (χ1) is 10.2. The van der Waals surface area contributed by atoms with Crippen LogP contribution in [-0.2, 0) is 9.53 Å². The van der Waals surface area contributed by atoms with Crippen molar-refractivity contribution in [3.05, 3.63) is 41.5 Å². The third-order valence-corrected chi connectivity index (χ3v) is 3.36. The Kier molecular flexibility index (Phi) is 5.51. The lowest BCUT2D eigenvalue weighted by Gasteiger charge is -2.08. The van der Waals surface area contributed by atoms with Gasteiger partial charge in [-0.15, -0.1) is 0 Å². The number of carbonyl (C=O) groups excluding carboxylic acids is 2. The molecule has 1 saturated heterocycles. The van der Waals surface area contributed by atoms with Crippen molar-refractivity contribution in [3.8, 4) is 0 Å². The second-order valence-corrected chi connectivity index (χ2v) is 4.91. The zero-order chi connectivity index (χ0) is 15.1. The Morgan fingerprint density at radius 2 is 2.10 bits per heavy atom. The molecule has 0 spiro atoms. The lowest BCUT2D eigenvalue weighted by molar-refractivity contribution is -0.116. The van der Waals surface area contributed by atoms with Gasteiger partial charge in [0.2, 0.25) is 5.91 Å². The lowest BCUT2D eigenvalue weighted by atomic mass is 10.1. The van der Waals surface area contributed by atoms with Crippen molar-refractivity contribution >= 4 is 17.9 Å². The van der Waals surface area contributed by atoms with E-state index in [1.54, 1.807) is 37.4 Å². The van der Waals surface area contributed by atoms with Gasteiger partial charge in [-0.2, -0.15) is 0 Å². The van der Waals surface area contributed by atoms with E-state index in [0.717, 1.165) is 25.0 Å². The normalized spacial score (nSPS) is 17.9. The molecule has 1 atom stereocenters. The smallest absolute Gasteiger partial charge is 0.251 e. The molecule has 0 aliphatic carbocycles. The van der Waals surface area contributed by atoms with Crippen LogP contribution in [-0.4, -0.2) is 38.1 Å². The summed E-state index contributed by atoms with van der Waals surface area (Å²) < 4.78 is 5.44. The molecule has 1 aliphatic heterocycles. The predicted molar refractivity (Wildman–Crippen MR) is 80.8 cm³/mol. The number of carbonyl (C=O) groups is 2. The van der Waals surface area contributed by atoms with Gasteiger partial charge in [-0.3, -0.25) is 9.59 Å². The highest BCUT2D eigenvalue weighted by molar-refractivity contribution is 5.94. The van der Waals surface area contributed by atoms with Crippen molar-refractivity contribution in [2.45, 2.75) is 18.9 Å². The van der Waals surface area contributed by atoms with Crippen LogP contribution < -0.4 is 10.6 Å². The molecule has 1 aromatic rings. The van der Waals surface area contributed by atoms with Crippen LogP contribution in [0.2, 0.25) is 0 Å². The van der Waals surface area contributed by atoms with Crippen molar-refractivity contribution in [3.63, 3.8) is 0 Å². The summed E-state index contributed by atoms with van der Waals surface area (Å²) in [6.07, 6.45) is 5.43. The molecule has 1 aliphatic rings. The third-order valence-electron chi connectivity index (χ3n) is 3.36. The Morgan fingerprint density at radius 3 is 2.71 bits per heavy atom. The average Bonchev–Trinajstić information content (AvgIpc) is 3.04. The summed E-state index contributed by atoms with van der Waals surface area (Å²) >= 11 is 0. The van der Waals surface area contributed by atoms with Crippen molar-refractivity contribution in [1.29, 1.82) is 0 Å². The quantitative estimate of drug-likeness (QED) is 0.804. The highest BCUT2D eigenvalue weighted by Crippen LogP contribution is 2.10. The highest BCUT2D eigenvalue weighted by Gasteiger charge is 2.15. The van der Waals surface area contributed by atoms with Crippen molar-refractivity contribution in [2.24, 2.45) is 0 Å². The van der Waals surface area contributed by atoms with Gasteiger partial charge in [-0.05, 0) is 36.6 Å². The van der Waals surface area contributed by atoms with E-state index in [1.165, 1.54) is 6.08 Å². The van der Waals surface area contributed by atoms with E-state index in [1.807, 2.05) is 0 Å². The number of nitrogens with one attached hydrogen (secondary N) is 2. The van der Waals surface area contributed by atoms with Crippen molar-refractivity contribution in [2.75, 3.05) is 20.2 Å². The van der Waals surface area contributed by atoms with Gasteiger partial charge in [-0.1, -0.05) is 12.1 Å². The average molecular weight is 288 g/mol. The molecule has 2 amide bonds. The SMILES string of the molecule is CNC(=O)c1ccc(/C=C/C(=O)NCC2CCCO2)cc1. The summed E-state index contributed by atoms with van der Waals surface area (Å²) in [7, 11) is 1.59. The highest BCUT2D eigenvalue weighted by atomic mass is 16.5. The molecule has 2 rings (SSSR count). The van der Waals surface area contributed by atoms with Crippen LogP contribution in [0.25, 0.3) is 6.08 Å². The van der Waals surface area contributed by atoms with E-state index in [4.69, 9.17) is 4.74 Å². The molecule has 0 bridgehead atoms. The number of hydrogen-bond donors (Lipinski definition) is 2. The van der Waals surface area contributed by atoms with Gasteiger partial charge in [-0.25, -0.2) is 0 Å². The van der Waals surface area contributed by atoms with E-state index in [2.05, 4.69) is 10.6 Å². The maximum Gasteiger partial charge on any atom is 0.251 e. The number of benzene rings is 1. The summed E-state index contributed by atoms with van der Waals surface area (Å²) in [5.41, 5.74) is 1.47. The summed E-state index contributed by atoms with van der Waals surface area (Å²) in [5.74, 6) is -0.263. The molecule has 0 radical (unpaired) electrons. The maximum atomic E-state index is 11.7. The molecule has 1 unspecified atom stereocenters. The number of amides is 2. The first kappa shape index (κ1) is 15.3. The summed E-state index contributed by atoms with van der Waals surface area (Å²) in [5, 5.41) is 5.38. The fourth-order valence-corrected chi connectivity index (χ4v) is 2.14. The van der Waals surface area contributed by atoms with Crippen LogP contribution in [0.4, 0.5) is 0 Å². The lowest BCUT2D eigenvalue weighted by Crippen LogP contribution is -2.30. The third kappa shape index (κ3) is 4.72. The molecule has 1 heterocycles. The van der Waals surface area contributed by atoms with Crippen LogP contribution in [0.15, 0.2) is 30.3 Å². The summed E-state index contributed by atoms with van der Waals surface area (Å²) in [4.78, 5) is 23.1. The number of hydrogen-bond acceptors (Lipinski definition) is 3. The van der Waals surface area contributed by atoms with E-state index < -0.39 is 0 Å². The van der Waals surface area contributed by atoms with Crippen LogP contribution in [0, 0.1) is 0 Å². The summed E-state index contributed by atoms with van der Waals surface area (Å²) in [6.45, 7) is 1.34. The first-order valence-electron chi connectivity index (χ1n) is 7.08. The minimum absolute atomic E-state index is 0.125. The summed E-state index contributed by atoms with van der Waals surface area (Å²) in [6, 6.07) is 7.05. The van der Waals surface area contributed by atoms with E-state index in [0.29, 0.717) is 12.1 Å². The Bertz CT molecular complexity index is 517. The standard InChI is InChI=1S/C16H20N2O3/c1-17-16(20)13-7-4-12(5-8-13)6-9-15(19)18-11-14-3-2-10-21-14/h4-9,14H,2-3,10-11H2,1H3,(H,17,20)(H,18,19)/b9-6+. The van der Waals surface area contributed by atoms with Gasteiger partial charge in [0.05, 0.1) is 6.10 Å². The maximum absolute atomic E-state index is 11.7. The minimum Gasteiger partial charge on any atom is -0.376 e. The Morgan fingerprint density at radius 1 is 1.33 bits per heavy atom. The molecule has 5 nitrogen and oxygen atoms in total. The van der Waals surface area contributed by atoms with Gasteiger partial charge in [0.25, 0.3) is 5.91 Å². The molecule has 1 fully saturated rings. The van der Waals surface area contributed by atoms with Crippen LogP contribution in [0.1, 0.15) is 28.8 Å². The molecular formula is C16H20N2O3. The van der Waals surface area contributed by atoms with Crippen LogP contribution in [0.5, 0.6) is 0 Å². The second kappa shape index (κ2) is 7.59. The molecule has 0 aromatic heterocycles. The van der Waals surface area contributed by atoms with Gasteiger partial charge >= 0.3 is 0 Å². The van der Waals surface area contributed by atoms with E-state index >= 15 is 0 Å². The fourth-order valence-electron chi connectivity index (χ4n) is 2.14. The largest absolute Gasteiger partial charge is 0.376 e. The zero-order valence-corrected chi connectivity index (χ0v) is 12.1. The van der Waals surface area contributed by atoms with Gasteiger partial charge in [0, 0.05) is 31.8 Å². The fraction of sp³-hybridized carbons (Fsp3) is 0.375. The molecule has 0 saturated carbocycles. The molecule has 21 heavy (non-hydrogen) atoms. The topological polar surface area (TPSA) is 67.4 Å². The van der Waals surface area contributed by atoms with Gasteiger partial charge in [0.1, 0.15) is 0 Å². The van der Waals surface area contributed by atoms with E-state index in [9.17, 15) is 9.59 Å². The Balaban J connectivity index is 1.82. The zero-order valence-electron chi connectivity index (χ0n) is 12.1. The Labute approximate surface area is 124 Å². The molecule has 5 heteroatoms. The molecule has 1 aromatic carbocycles. The monoisotopic (exact) mass is 288 g/mol. The number of rotatable bonds is 5. The first-order valence-corrected chi connectivity index (χ1v) is 7.08. The Hall–Kier alpha value is -2.14. The number of ether oxygens (including phenoxy) is 1. The molecule has 2 N–H and O–H groups in total. The van der Waals surface area contributed by atoms with Gasteiger partial charge in [0.15, 0.2) is 0 Å². The van der Waals surface area contributed by atoms with Crippen LogP contribution >= 0.6 is 0 Å². The van der Waals surface area contributed by atoms with Crippen molar-refractivity contribution in [1.82, 2.24) is 10.6 Å². The minimum atomic E-state index is -0.138. The van der Waals surface area contributed by atoms with Crippen LogP contribution in [0.3, 0.4) is 0 Å². The van der Waals surface area contributed by atoms with Crippen molar-refractivity contribution < 1.29 is 14.3 Å². The molecule has 112 valence electrons. The van der Waals surface area contributed by atoms with Gasteiger partial charge < -0.3 is 15.4 Å². The second-order valence-electron chi connectivity index (χ2n) is 4.91. The molecular weight excluding hydrogens is 268 g/mol. The predicted octanol–water partition coefficient (Wildman–Crippen LogP) is 1.35.